The van der Waals surface area contributed by atoms with Crippen LogP contribution in [0.25, 0.3) is 5.70 Å². The zero-order valence-electron chi connectivity index (χ0n) is 11.9. The molecule has 0 radical (unpaired) electrons. The third-order valence-corrected chi connectivity index (χ3v) is 3.41. The van der Waals surface area contributed by atoms with Gasteiger partial charge in [0.1, 0.15) is 17.6 Å². The number of hydrazine groups is 1. The maximum absolute atomic E-state index is 11.8. The molecule has 1 atom stereocenters. The van der Waals surface area contributed by atoms with E-state index in [4.69, 9.17) is 9.15 Å². The summed E-state index contributed by atoms with van der Waals surface area (Å²) in [6.07, 6.45) is 3.56. The van der Waals surface area contributed by atoms with Crippen LogP contribution in [0.5, 0.6) is 5.75 Å². The average molecular weight is 284 g/mol. The lowest BCUT2D eigenvalue weighted by molar-refractivity contribution is -0.132. The fourth-order valence-corrected chi connectivity index (χ4v) is 2.43. The van der Waals surface area contributed by atoms with Crippen LogP contribution in [0, 0.1) is 0 Å². The van der Waals surface area contributed by atoms with Crippen molar-refractivity contribution in [3.05, 3.63) is 60.1 Å². The summed E-state index contributed by atoms with van der Waals surface area (Å²) in [7, 11) is 1.63. The summed E-state index contributed by atoms with van der Waals surface area (Å²) < 4.78 is 10.8. The van der Waals surface area contributed by atoms with Crippen molar-refractivity contribution in [1.29, 1.82) is 0 Å². The molecule has 0 saturated heterocycles. The lowest BCUT2D eigenvalue weighted by Crippen LogP contribution is -2.37. The van der Waals surface area contributed by atoms with Gasteiger partial charge >= 0.3 is 0 Å². The smallest absolute Gasteiger partial charge is 0.238 e. The van der Waals surface area contributed by atoms with Crippen molar-refractivity contribution in [2.75, 3.05) is 7.11 Å². The summed E-state index contributed by atoms with van der Waals surface area (Å²) in [6.45, 7) is 1.52. The molecule has 108 valence electrons. The number of rotatable bonds is 3. The molecular formula is C16H16N2O3. The highest BCUT2D eigenvalue weighted by atomic mass is 16.5. The maximum atomic E-state index is 11.8. The van der Waals surface area contributed by atoms with Gasteiger partial charge in [0.25, 0.3) is 0 Å². The summed E-state index contributed by atoms with van der Waals surface area (Å²) in [5.41, 5.74) is 4.85. The number of methoxy groups -OCH3 is 1. The molecule has 1 aromatic carbocycles. The minimum absolute atomic E-state index is 0.0856. The Hall–Kier alpha value is -2.69. The van der Waals surface area contributed by atoms with Gasteiger partial charge in [-0.15, -0.1) is 0 Å². The number of amides is 1. The minimum atomic E-state index is -0.266. The second kappa shape index (κ2) is 5.36. The minimum Gasteiger partial charge on any atom is -0.496 e. The summed E-state index contributed by atoms with van der Waals surface area (Å²) >= 11 is 0. The summed E-state index contributed by atoms with van der Waals surface area (Å²) in [4.78, 5) is 11.8. The molecule has 2 heterocycles. The van der Waals surface area contributed by atoms with E-state index in [0.717, 1.165) is 17.0 Å². The Morgan fingerprint density at radius 1 is 1.29 bits per heavy atom. The molecule has 0 bridgehead atoms. The summed E-state index contributed by atoms with van der Waals surface area (Å²) in [5.74, 6) is 1.37. The van der Waals surface area contributed by atoms with Crippen molar-refractivity contribution in [3.8, 4) is 5.75 Å². The van der Waals surface area contributed by atoms with Gasteiger partial charge in [0.05, 0.1) is 19.1 Å². The largest absolute Gasteiger partial charge is 0.496 e. The van der Waals surface area contributed by atoms with Gasteiger partial charge in [-0.05, 0) is 30.3 Å². The van der Waals surface area contributed by atoms with E-state index in [0.29, 0.717) is 5.76 Å². The van der Waals surface area contributed by atoms with Crippen LogP contribution in [0.2, 0.25) is 0 Å². The number of para-hydroxylation sites is 1. The second-order valence-electron chi connectivity index (χ2n) is 4.74. The molecule has 5 nitrogen and oxygen atoms in total. The van der Waals surface area contributed by atoms with Gasteiger partial charge in [-0.25, -0.2) is 5.01 Å². The van der Waals surface area contributed by atoms with Gasteiger partial charge in [-0.1, -0.05) is 12.1 Å². The molecule has 1 N–H and O–H groups in total. The maximum Gasteiger partial charge on any atom is 0.238 e. The zero-order chi connectivity index (χ0) is 14.8. The van der Waals surface area contributed by atoms with Crippen molar-refractivity contribution in [2.24, 2.45) is 0 Å². The van der Waals surface area contributed by atoms with E-state index in [9.17, 15) is 4.79 Å². The van der Waals surface area contributed by atoms with E-state index in [1.165, 1.54) is 6.92 Å². The van der Waals surface area contributed by atoms with Crippen molar-refractivity contribution in [2.45, 2.75) is 13.0 Å². The normalized spacial score (nSPS) is 17.3. The molecule has 0 fully saturated rings. The van der Waals surface area contributed by atoms with Gasteiger partial charge < -0.3 is 9.15 Å². The Kier molecular flexibility index (Phi) is 3.39. The Labute approximate surface area is 122 Å². The Morgan fingerprint density at radius 3 is 2.76 bits per heavy atom. The molecule has 2 aromatic rings. The molecule has 21 heavy (non-hydrogen) atoms. The molecule has 1 aromatic heterocycles. The first kappa shape index (κ1) is 13.3. The number of hydrogen-bond acceptors (Lipinski definition) is 4. The lowest BCUT2D eigenvalue weighted by Gasteiger charge is -2.22. The number of ether oxygens (including phenoxy) is 1. The topological polar surface area (TPSA) is 54.7 Å². The number of carbonyl (C=O) groups is 1. The van der Waals surface area contributed by atoms with Gasteiger partial charge in [-0.2, -0.15) is 0 Å². The first-order valence-electron chi connectivity index (χ1n) is 6.66. The fourth-order valence-electron chi connectivity index (χ4n) is 2.43. The van der Waals surface area contributed by atoms with E-state index >= 15 is 0 Å². The first-order chi connectivity index (χ1) is 10.2. The second-order valence-corrected chi connectivity index (χ2v) is 4.74. The Bertz CT molecular complexity index is 677. The molecule has 0 unspecified atom stereocenters. The molecule has 0 spiro atoms. The lowest BCUT2D eigenvalue weighted by atomic mass is 10.1. The number of hydrogen-bond donors (Lipinski definition) is 1. The van der Waals surface area contributed by atoms with Gasteiger partial charge in [0, 0.05) is 12.5 Å². The quantitative estimate of drug-likeness (QED) is 0.941. The molecule has 1 aliphatic heterocycles. The number of nitrogens with one attached hydrogen (secondary N) is 1. The molecule has 5 heteroatoms. The van der Waals surface area contributed by atoms with Crippen LogP contribution >= 0.6 is 0 Å². The van der Waals surface area contributed by atoms with Crippen LogP contribution < -0.4 is 10.2 Å². The third-order valence-electron chi connectivity index (χ3n) is 3.41. The number of benzene rings is 1. The molecule has 0 aliphatic carbocycles. The van der Waals surface area contributed by atoms with E-state index < -0.39 is 0 Å². The van der Waals surface area contributed by atoms with Crippen LogP contribution in [0.1, 0.15) is 24.3 Å². The van der Waals surface area contributed by atoms with E-state index in [1.807, 2.05) is 42.5 Å². The van der Waals surface area contributed by atoms with Crippen LogP contribution in [-0.2, 0) is 4.79 Å². The van der Waals surface area contributed by atoms with Crippen molar-refractivity contribution in [3.63, 3.8) is 0 Å². The van der Waals surface area contributed by atoms with E-state index in [2.05, 4.69) is 5.43 Å². The molecule has 3 rings (SSSR count). The molecule has 0 saturated carbocycles. The van der Waals surface area contributed by atoms with Crippen LogP contribution in [0.4, 0.5) is 0 Å². The summed E-state index contributed by atoms with van der Waals surface area (Å²) in [6, 6.07) is 11.1. The SMILES string of the molecule is COc1ccccc1C1=C[C@@H](c2ccco2)N(C(C)=O)N1. The number of carbonyl (C=O) groups excluding carboxylic acids is 1. The third kappa shape index (κ3) is 2.38. The first-order valence-corrected chi connectivity index (χ1v) is 6.66. The monoisotopic (exact) mass is 284 g/mol. The van der Waals surface area contributed by atoms with Gasteiger partial charge in [-0.3, -0.25) is 10.2 Å². The van der Waals surface area contributed by atoms with Crippen molar-refractivity contribution >= 4 is 11.6 Å². The molecule has 1 amide bonds. The predicted molar refractivity (Wildman–Crippen MR) is 78.1 cm³/mol. The highest BCUT2D eigenvalue weighted by Gasteiger charge is 2.31. The van der Waals surface area contributed by atoms with Crippen LogP contribution in [0.15, 0.2) is 53.2 Å². The molecular weight excluding hydrogens is 268 g/mol. The summed E-state index contributed by atoms with van der Waals surface area (Å²) in [5, 5.41) is 1.54. The Balaban J connectivity index is 2.00. The van der Waals surface area contributed by atoms with Crippen molar-refractivity contribution in [1.82, 2.24) is 10.4 Å². The Morgan fingerprint density at radius 2 is 2.10 bits per heavy atom. The standard InChI is InChI=1S/C16H16N2O3/c1-11(19)18-14(16-8-5-9-21-16)10-13(17-18)12-6-3-4-7-15(12)20-2/h3-10,14,17H,1-2H3/t14-/m0/s1. The van der Waals surface area contributed by atoms with Gasteiger partial charge in [0.15, 0.2) is 0 Å². The van der Waals surface area contributed by atoms with Crippen molar-refractivity contribution < 1.29 is 13.9 Å². The molecule has 1 aliphatic rings. The van der Waals surface area contributed by atoms with E-state index in [-0.39, 0.29) is 11.9 Å². The number of furan rings is 1. The predicted octanol–water partition coefficient (Wildman–Crippen LogP) is 2.74. The van der Waals surface area contributed by atoms with Crippen LogP contribution in [-0.4, -0.2) is 18.0 Å². The zero-order valence-corrected chi connectivity index (χ0v) is 11.9. The fraction of sp³-hybridized carbons (Fsp3) is 0.188. The highest BCUT2D eigenvalue weighted by Crippen LogP contribution is 2.34. The number of nitrogens with zero attached hydrogens (tertiary/aromatic N) is 1. The highest BCUT2D eigenvalue weighted by molar-refractivity contribution is 5.80. The van der Waals surface area contributed by atoms with E-state index in [1.54, 1.807) is 18.4 Å². The van der Waals surface area contributed by atoms with Crippen LogP contribution in [0.3, 0.4) is 0 Å². The average Bonchev–Trinajstić information content (AvgIpc) is 3.16. The van der Waals surface area contributed by atoms with Gasteiger partial charge in [0.2, 0.25) is 5.91 Å².